The van der Waals surface area contributed by atoms with Crippen molar-refractivity contribution in [2.75, 3.05) is 13.9 Å². The third kappa shape index (κ3) is 3.61. The molecule has 0 heterocycles. The van der Waals surface area contributed by atoms with Crippen LogP contribution < -0.4 is 9.47 Å². The molecule has 0 amide bonds. The lowest BCUT2D eigenvalue weighted by molar-refractivity contribution is 0.0505. The molecule has 0 saturated heterocycles. The fourth-order valence-electron chi connectivity index (χ4n) is 1.41. The Morgan fingerprint density at radius 3 is 2.44 bits per heavy atom. The highest BCUT2D eigenvalue weighted by molar-refractivity contribution is 14.1. The van der Waals surface area contributed by atoms with E-state index in [4.69, 9.17) is 14.2 Å². The Balaban J connectivity index is 2.09. The Kier molecular flexibility index (Phi) is 4.83. The molecule has 0 fully saturated rings. The van der Waals surface area contributed by atoms with Crippen molar-refractivity contribution >= 4 is 22.6 Å². The van der Waals surface area contributed by atoms with Crippen LogP contribution in [0.5, 0.6) is 17.2 Å². The zero-order valence-electron chi connectivity index (χ0n) is 9.93. The Morgan fingerprint density at radius 1 is 1.00 bits per heavy atom. The van der Waals surface area contributed by atoms with Crippen LogP contribution in [-0.4, -0.2) is 13.9 Å². The highest BCUT2D eigenvalue weighted by atomic mass is 127. The summed E-state index contributed by atoms with van der Waals surface area (Å²) in [6, 6.07) is 15.4. The lowest BCUT2D eigenvalue weighted by atomic mass is 10.3. The number of benzene rings is 2. The number of rotatable bonds is 5. The summed E-state index contributed by atoms with van der Waals surface area (Å²) >= 11 is 2.21. The van der Waals surface area contributed by atoms with Crippen molar-refractivity contribution in [1.29, 1.82) is 0 Å². The number of hydrogen-bond donors (Lipinski definition) is 0. The molecule has 18 heavy (non-hydrogen) atoms. The number of methoxy groups -OCH3 is 1. The first-order valence-electron chi connectivity index (χ1n) is 5.44. The molecule has 0 aromatic heterocycles. The van der Waals surface area contributed by atoms with Crippen LogP contribution >= 0.6 is 22.6 Å². The summed E-state index contributed by atoms with van der Waals surface area (Å²) in [7, 11) is 1.60. The van der Waals surface area contributed by atoms with E-state index in [1.807, 2.05) is 48.5 Å². The first-order chi connectivity index (χ1) is 8.79. The molecule has 0 unspecified atom stereocenters. The highest BCUT2D eigenvalue weighted by Gasteiger charge is 2.04. The summed E-state index contributed by atoms with van der Waals surface area (Å²) in [4.78, 5) is 0. The van der Waals surface area contributed by atoms with E-state index in [2.05, 4.69) is 22.6 Å². The first-order valence-corrected chi connectivity index (χ1v) is 6.51. The second-order valence-corrected chi connectivity index (χ2v) is 4.72. The van der Waals surface area contributed by atoms with Crippen molar-refractivity contribution in [2.45, 2.75) is 0 Å². The molecule has 2 aromatic rings. The minimum Gasteiger partial charge on any atom is -0.466 e. The predicted octanol–water partition coefficient (Wildman–Crippen LogP) is 4.07. The molecule has 2 rings (SSSR count). The van der Waals surface area contributed by atoms with Gasteiger partial charge in [-0.15, -0.1) is 0 Å². The van der Waals surface area contributed by atoms with Gasteiger partial charge in [-0.05, 0) is 52.9 Å². The van der Waals surface area contributed by atoms with Crippen LogP contribution in [0.15, 0.2) is 48.5 Å². The summed E-state index contributed by atoms with van der Waals surface area (Å²) < 4.78 is 17.0. The summed E-state index contributed by atoms with van der Waals surface area (Å²) in [6.45, 7) is 0.245. The Morgan fingerprint density at radius 2 is 1.78 bits per heavy atom. The zero-order valence-corrected chi connectivity index (χ0v) is 12.1. The second kappa shape index (κ2) is 6.61. The maximum Gasteiger partial charge on any atom is 0.188 e. The van der Waals surface area contributed by atoms with Gasteiger partial charge >= 0.3 is 0 Å². The minimum atomic E-state index is 0.245. The highest BCUT2D eigenvalue weighted by Crippen LogP contribution is 2.28. The van der Waals surface area contributed by atoms with Gasteiger partial charge in [-0.25, -0.2) is 0 Å². The van der Waals surface area contributed by atoms with Crippen molar-refractivity contribution in [3.63, 3.8) is 0 Å². The molecule has 0 aliphatic carbocycles. The maximum absolute atomic E-state index is 5.73. The molecule has 0 radical (unpaired) electrons. The predicted molar refractivity (Wildman–Crippen MR) is 78.2 cm³/mol. The summed E-state index contributed by atoms with van der Waals surface area (Å²) in [6.07, 6.45) is 0. The molecule has 4 heteroatoms. The van der Waals surface area contributed by atoms with Gasteiger partial charge in [0, 0.05) is 7.11 Å². The van der Waals surface area contributed by atoms with E-state index in [0.717, 1.165) is 20.8 Å². The molecular weight excluding hydrogens is 343 g/mol. The van der Waals surface area contributed by atoms with Crippen molar-refractivity contribution in [2.24, 2.45) is 0 Å². The number of ether oxygens (including phenoxy) is 3. The first kappa shape index (κ1) is 13.2. The van der Waals surface area contributed by atoms with Crippen molar-refractivity contribution in [1.82, 2.24) is 0 Å². The summed E-state index contributed by atoms with van der Waals surface area (Å²) in [5.74, 6) is 2.40. The van der Waals surface area contributed by atoms with Gasteiger partial charge in [0.15, 0.2) is 6.79 Å². The average Bonchev–Trinajstić information content (AvgIpc) is 2.39. The second-order valence-electron chi connectivity index (χ2n) is 3.56. The Bertz CT molecular complexity index is 500. The topological polar surface area (TPSA) is 27.7 Å². The number of hydrogen-bond acceptors (Lipinski definition) is 3. The Labute approximate surface area is 120 Å². The monoisotopic (exact) mass is 356 g/mol. The lowest BCUT2D eigenvalue weighted by Gasteiger charge is -2.09. The third-order valence-corrected chi connectivity index (χ3v) is 3.06. The normalized spacial score (nSPS) is 10.1. The van der Waals surface area contributed by atoms with Gasteiger partial charge in [0.25, 0.3) is 0 Å². The van der Waals surface area contributed by atoms with Gasteiger partial charge in [0.2, 0.25) is 0 Å². The maximum atomic E-state index is 5.73. The van der Waals surface area contributed by atoms with Crippen LogP contribution in [-0.2, 0) is 4.74 Å². The fraction of sp³-hybridized carbons (Fsp3) is 0.143. The van der Waals surface area contributed by atoms with E-state index in [-0.39, 0.29) is 6.79 Å². The van der Waals surface area contributed by atoms with Gasteiger partial charge in [0.1, 0.15) is 17.2 Å². The summed E-state index contributed by atoms with van der Waals surface area (Å²) in [5.41, 5.74) is 0. The van der Waals surface area contributed by atoms with E-state index in [1.165, 1.54) is 0 Å². The molecule has 0 aliphatic heterocycles. The van der Waals surface area contributed by atoms with Crippen molar-refractivity contribution in [3.8, 4) is 17.2 Å². The molecule has 0 atom stereocenters. The standard InChI is InChI=1S/C14H13IO3/c1-16-10-17-14-8-7-12(9-13(14)15)18-11-5-3-2-4-6-11/h2-9H,10H2,1H3. The lowest BCUT2D eigenvalue weighted by Crippen LogP contribution is -2.00. The van der Waals surface area contributed by atoms with Gasteiger partial charge in [0.05, 0.1) is 3.57 Å². The molecule has 2 aromatic carbocycles. The molecule has 0 N–H and O–H groups in total. The van der Waals surface area contributed by atoms with Crippen LogP contribution in [0.25, 0.3) is 0 Å². The smallest absolute Gasteiger partial charge is 0.188 e. The molecular formula is C14H13IO3. The van der Waals surface area contributed by atoms with Crippen molar-refractivity contribution < 1.29 is 14.2 Å². The van der Waals surface area contributed by atoms with E-state index >= 15 is 0 Å². The van der Waals surface area contributed by atoms with Crippen LogP contribution in [0.1, 0.15) is 0 Å². The third-order valence-electron chi connectivity index (χ3n) is 2.21. The molecule has 0 spiro atoms. The van der Waals surface area contributed by atoms with Crippen molar-refractivity contribution in [3.05, 3.63) is 52.1 Å². The van der Waals surface area contributed by atoms with Gasteiger partial charge < -0.3 is 14.2 Å². The van der Waals surface area contributed by atoms with E-state index in [0.29, 0.717) is 0 Å². The van der Waals surface area contributed by atoms with Gasteiger partial charge in [-0.1, -0.05) is 18.2 Å². The fourth-order valence-corrected chi connectivity index (χ4v) is 2.05. The van der Waals surface area contributed by atoms with E-state index in [1.54, 1.807) is 7.11 Å². The van der Waals surface area contributed by atoms with Gasteiger partial charge in [-0.3, -0.25) is 0 Å². The summed E-state index contributed by atoms with van der Waals surface area (Å²) in [5, 5.41) is 0. The quantitative estimate of drug-likeness (QED) is 0.597. The number of halogens is 1. The zero-order chi connectivity index (χ0) is 12.8. The molecule has 3 nitrogen and oxygen atoms in total. The molecule has 0 aliphatic rings. The largest absolute Gasteiger partial charge is 0.466 e. The number of para-hydroxylation sites is 1. The minimum absolute atomic E-state index is 0.245. The van der Waals surface area contributed by atoms with Gasteiger partial charge in [-0.2, -0.15) is 0 Å². The molecule has 94 valence electrons. The van der Waals surface area contributed by atoms with Crippen LogP contribution in [0.3, 0.4) is 0 Å². The van der Waals surface area contributed by atoms with E-state index < -0.39 is 0 Å². The van der Waals surface area contributed by atoms with Crippen LogP contribution in [0, 0.1) is 3.57 Å². The SMILES string of the molecule is COCOc1ccc(Oc2ccccc2)cc1I. The average molecular weight is 356 g/mol. The Hall–Kier alpha value is -1.27. The van der Waals surface area contributed by atoms with E-state index in [9.17, 15) is 0 Å². The van der Waals surface area contributed by atoms with Crippen LogP contribution in [0.2, 0.25) is 0 Å². The molecule has 0 bridgehead atoms. The molecule has 0 saturated carbocycles. The van der Waals surface area contributed by atoms with Crippen LogP contribution in [0.4, 0.5) is 0 Å².